The van der Waals surface area contributed by atoms with Crippen molar-refractivity contribution in [3.8, 4) is 0 Å². The molecule has 0 aromatic heterocycles. The number of fused-ring (bicyclic) bond motifs is 1. The van der Waals surface area contributed by atoms with E-state index in [2.05, 4.69) is 11.4 Å². The zero-order chi connectivity index (χ0) is 20.5. The normalized spacial score (nSPS) is 24.5. The lowest BCUT2D eigenvalue weighted by Crippen LogP contribution is -2.49. The molecule has 0 bridgehead atoms. The molecule has 3 unspecified atom stereocenters. The van der Waals surface area contributed by atoms with E-state index in [0.29, 0.717) is 12.8 Å². The highest BCUT2D eigenvalue weighted by molar-refractivity contribution is 6.00. The number of carboxylic acid groups (broad SMARTS) is 1. The van der Waals surface area contributed by atoms with Crippen LogP contribution in [0.4, 0.5) is 5.69 Å². The van der Waals surface area contributed by atoms with Gasteiger partial charge in [0.05, 0.1) is 11.3 Å². The Kier molecular flexibility index (Phi) is 5.77. The molecule has 3 atom stereocenters. The molecule has 28 heavy (non-hydrogen) atoms. The van der Waals surface area contributed by atoms with E-state index >= 15 is 0 Å². The van der Waals surface area contributed by atoms with Crippen molar-refractivity contribution >= 4 is 23.5 Å². The smallest absolute Gasteiger partial charge is 0.310 e. The van der Waals surface area contributed by atoms with Crippen molar-refractivity contribution in [2.75, 3.05) is 11.4 Å². The summed E-state index contributed by atoms with van der Waals surface area (Å²) in [7, 11) is 0. The Bertz CT molecular complexity index is 774. The zero-order valence-electron chi connectivity index (χ0n) is 16.9. The summed E-state index contributed by atoms with van der Waals surface area (Å²) < 4.78 is 0. The number of carbonyl (C=O) groups is 3. The number of benzene rings is 1. The van der Waals surface area contributed by atoms with E-state index in [1.54, 1.807) is 13.8 Å². The highest BCUT2D eigenvalue weighted by Crippen LogP contribution is 2.38. The Balaban J connectivity index is 1.75. The summed E-state index contributed by atoms with van der Waals surface area (Å²) in [6.07, 6.45) is 4.05. The number of nitrogens with one attached hydrogen (secondary N) is 1. The van der Waals surface area contributed by atoms with Gasteiger partial charge in [0.2, 0.25) is 11.8 Å². The maximum absolute atomic E-state index is 13.4. The predicted octanol–water partition coefficient (Wildman–Crippen LogP) is 3.00. The molecule has 0 spiro atoms. The molecule has 152 valence electrons. The van der Waals surface area contributed by atoms with Crippen LogP contribution in [-0.2, 0) is 20.8 Å². The Hall–Kier alpha value is -2.37. The monoisotopic (exact) mass is 386 g/mol. The molecule has 6 nitrogen and oxygen atoms in total. The first-order chi connectivity index (χ1) is 13.2. The van der Waals surface area contributed by atoms with Crippen LogP contribution in [0.1, 0.15) is 52.0 Å². The van der Waals surface area contributed by atoms with E-state index in [1.807, 2.05) is 30.0 Å². The van der Waals surface area contributed by atoms with Gasteiger partial charge in [-0.1, -0.05) is 31.0 Å². The van der Waals surface area contributed by atoms with E-state index in [4.69, 9.17) is 0 Å². The van der Waals surface area contributed by atoms with Gasteiger partial charge in [0.15, 0.2) is 0 Å². The van der Waals surface area contributed by atoms with Crippen LogP contribution in [0.3, 0.4) is 0 Å². The summed E-state index contributed by atoms with van der Waals surface area (Å²) in [5, 5.41) is 12.0. The summed E-state index contributed by atoms with van der Waals surface area (Å²) in [5.41, 5.74) is 1.09. The molecule has 2 amide bonds. The second-order valence-corrected chi connectivity index (χ2v) is 8.79. The SMILES string of the molecule is CC1Cc2ccccc2N1C(=O)C1CCCCC1C(=O)NCC(C)(C)C(=O)O. The summed E-state index contributed by atoms with van der Waals surface area (Å²) >= 11 is 0. The van der Waals surface area contributed by atoms with E-state index in [-0.39, 0.29) is 30.3 Å². The van der Waals surface area contributed by atoms with Crippen LogP contribution in [-0.4, -0.2) is 35.5 Å². The lowest BCUT2D eigenvalue weighted by Gasteiger charge is -2.35. The highest BCUT2D eigenvalue weighted by Gasteiger charge is 2.42. The molecular formula is C22H30N2O4. The number of nitrogens with zero attached hydrogens (tertiary/aromatic N) is 1. The average molecular weight is 386 g/mol. The second kappa shape index (κ2) is 7.94. The van der Waals surface area contributed by atoms with Crippen LogP contribution >= 0.6 is 0 Å². The third-order valence-corrected chi connectivity index (χ3v) is 6.15. The summed E-state index contributed by atoms with van der Waals surface area (Å²) in [5.74, 6) is -1.88. The number of amides is 2. The predicted molar refractivity (Wildman–Crippen MR) is 107 cm³/mol. The largest absolute Gasteiger partial charge is 0.481 e. The molecule has 1 saturated carbocycles. The third kappa shape index (κ3) is 3.91. The molecule has 1 heterocycles. The molecule has 1 aromatic carbocycles. The van der Waals surface area contributed by atoms with Gasteiger partial charge in [-0.15, -0.1) is 0 Å². The van der Waals surface area contributed by atoms with Gasteiger partial charge < -0.3 is 15.3 Å². The van der Waals surface area contributed by atoms with Gasteiger partial charge in [-0.05, 0) is 51.7 Å². The molecule has 1 aliphatic heterocycles. The minimum Gasteiger partial charge on any atom is -0.481 e. The first-order valence-electron chi connectivity index (χ1n) is 10.1. The van der Waals surface area contributed by atoms with E-state index in [9.17, 15) is 19.5 Å². The molecule has 0 saturated heterocycles. The fourth-order valence-electron chi connectivity index (χ4n) is 4.34. The topological polar surface area (TPSA) is 86.7 Å². The minimum atomic E-state index is -1.04. The summed E-state index contributed by atoms with van der Waals surface area (Å²) in [6, 6.07) is 8.04. The van der Waals surface area contributed by atoms with Crippen LogP contribution in [0, 0.1) is 17.3 Å². The average Bonchev–Trinajstić information content (AvgIpc) is 3.01. The maximum atomic E-state index is 13.4. The Morgan fingerprint density at radius 2 is 1.79 bits per heavy atom. The molecule has 2 N–H and O–H groups in total. The van der Waals surface area contributed by atoms with Gasteiger partial charge in [0.1, 0.15) is 0 Å². The fourth-order valence-corrected chi connectivity index (χ4v) is 4.34. The Morgan fingerprint density at radius 1 is 1.14 bits per heavy atom. The number of aliphatic carboxylic acids is 1. The van der Waals surface area contributed by atoms with Crippen molar-refractivity contribution in [2.24, 2.45) is 17.3 Å². The van der Waals surface area contributed by atoms with Crippen LogP contribution in [0.25, 0.3) is 0 Å². The number of carboxylic acids is 1. The molecule has 1 aromatic rings. The molecule has 1 fully saturated rings. The number of hydrogen-bond donors (Lipinski definition) is 2. The first kappa shape index (κ1) is 20.4. The van der Waals surface area contributed by atoms with Gasteiger partial charge in [-0.2, -0.15) is 0 Å². The number of anilines is 1. The Labute approximate surface area is 166 Å². The first-order valence-corrected chi connectivity index (χ1v) is 10.1. The fraction of sp³-hybridized carbons (Fsp3) is 0.591. The number of para-hydroxylation sites is 1. The van der Waals surface area contributed by atoms with Crippen molar-refractivity contribution in [3.63, 3.8) is 0 Å². The highest BCUT2D eigenvalue weighted by atomic mass is 16.4. The summed E-state index contributed by atoms with van der Waals surface area (Å²) in [6.45, 7) is 5.27. The molecule has 3 rings (SSSR count). The van der Waals surface area contributed by atoms with Gasteiger partial charge in [-0.3, -0.25) is 14.4 Å². The zero-order valence-corrected chi connectivity index (χ0v) is 16.9. The van der Waals surface area contributed by atoms with E-state index in [1.165, 1.54) is 5.56 Å². The number of hydrogen-bond acceptors (Lipinski definition) is 3. The van der Waals surface area contributed by atoms with Crippen LogP contribution in [0.5, 0.6) is 0 Å². The maximum Gasteiger partial charge on any atom is 0.310 e. The van der Waals surface area contributed by atoms with Crippen LogP contribution < -0.4 is 10.2 Å². The van der Waals surface area contributed by atoms with Crippen molar-refractivity contribution in [1.82, 2.24) is 5.32 Å². The third-order valence-electron chi connectivity index (χ3n) is 6.15. The minimum absolute atomic E-state index is 0.0230. The van der Waals surface area contributed by atoms with Crippen molar-refractivity contribution in [1.29, 1.82) is 0 Å². The van der Waals surface area contributed by atoms with Gasteiger partial charge in [0, 0.05) is 24.2 Å². The standard InChI is InChI=1S/C22H30N2O4/c1-14-12-15-8-4-7-11-18(15)24(14)20(26)17-10-6-5-9-16(17)19(25)23-13-22(2,3)21(27)28/h4,7-8,11,14,16-17H,5-6,9-10,12-13H2,1-3H3,(H,23,25)(H,27,28). The van der Waals surface area contributed by atoms with Crippen molar-refractivity contribution in [2.45, 2.75) is 58.9 Å². The molecular weight excluding hydrogens is 356 g/mol. The van der Waals surface area contributed by atoms with E-state index in [0.717, 1.165) is 24.9 Å². The lowest BCUT2D eigenvalue weighted by molar-refractivity contribution is -0.147. The number of rotatable bonds is 5. The summed E-state index contributed by atoms with van der Waals surface area (Å²) in [4.78, 5) is 39.5. The number of carbonyl (C=O) groups excluding carboxylic acids is 2. The lowest BCUT2D eigenvalue weighted by atomic mass is 9.77. The van der Waals surface area contributed by atoms with Crippen LogP contribution in [0.15, 0.2) is 24.3 Å². The van der Waals surface area contributed by atoms with Gasteiger partial charge in [0.25, 0.3) is 0 Å². The second-order valence-electron chi connectivity index (χ2n) is 8.79. The quantitative estimate of drug-likeness (QED) is 0.814. The molecule has 6 heteroatoms. The van der Waals surface area contributed by atoms with Crippen molar-refractivity contribution < 1.29 is 19.5 Å². The van der Waals surface area contributed by atoms with E-state index < -0.39 is 17.3 Å². The van der Waals surface area contributed by atoms with Crippen LogP contribution in [0.2, 0.25) is 0 Å². The molecule has 2 aliphatic rings. The molecule has 0 radical (unpaired) electrons. The van der Waals surface area contributed by atoms with Gasteiger partial charge in [-0.25, -0.2) is 0 Å². The molecule has 1 aliphatic carbocycles. The Morgan fingerprint density at radius 3 is 2.46 bits per heavy atom. The van der Waals surface area contributed by atoms with Crippen molar-refractivity contribution in [3.05, 3.63) is 29.8 Å². The van der Waals surface area contributed by atoms with Gasteiger partial charge >= 0.3 is 5.97 Å².